The summed E-state index contributed by atoms with van der Waals surface area (Å²) in [6.07, 6.45) is 4.18. The molecule has 24 heavy (non-hydrogen) atoms. The standard InChI is InChI=1S/C17H21N3O4/c21-16(22)14(19-20-9-3-6-15(20)17(23)24)8-7-11-10-18-13-5-2-1-4-12(11)13/h1-2,4-5,10,14-15,18-19H,3,6-9H2,(H,21,22)(H,23,24)/t14-,15-/m0/s1. The average Bonchev–Trinajstić information content (AvgIpc) is 3.18. The average molecular weight is 331 g/mol. The number of hydrogen-bond donors (Lipinski definition) is 4. The Morgan fingerprint density at radius 2 is 2.12 bits per heavy atom. The second-order valence-electron chi connectivity index (χ2n) is 6.11. The van der Waals surface area contributed by atoms with Gasteiger partial charge in [-0.25, -0.2) is 10.4 Å². The van der Waals surface area contributed by atoms with E-state index in [9.17, 15) is 19.8 Å². The second-order valence-corrected chi connectivity index (χ2v) is 6.11. The Morgan fingerprint density at radius 1 is 1.33 bits per heavy atom. The van der Waals surface area contributed by atoms with Crippen LogP contribution >= 0.6 is 0 Å². The van der Waals surface area contributed by atoms with Crippen molar-refractivity contribution < 1.29 is 19.8 Å². The van der Waals surface area contributed by atoms with Crippen molar-refractivity contribution in [3.63, 3.8) is 0 Å². The van der Waals surface area contributed by atoms with Crippen molar-refractivity contribution in [2.75, 3.05) is 6.54 Å². The van der Waals surface area contributed by atoms with Crippen LogP contribution in [0.4, 0.5) is 0 Å². The fraction of sp³-hybridized carbons (Fsp3) is 0.412. The Morgan fingerprint density at radius 3 is 2.88 bits per heavy atom. The number of nitrogens with zero attached hydrogens (tertiary/aromatic N) is 1. The lowest BCUT2D eigenvalue weighted by Crippen LogP contribution is -2.52. The first-order valence-corrected chi connectivity index (χ1v) is 8.09. The first-order valence-electron chi connectivity index (χ1n) is 8.09. The Hall–Kier alpha value is -2.38. The topological polar surface area (TPSA) is 106 Å². The summed E-state index contributed by atoms with van der Waals surface area (Å²) in [7, 11) is 0. The minimum atomic E-state index is -0.967. The van der Waals surface area contributed by atoms with Crippen LogP contribution < -0.4 is 5.43 Å². The Balaban J connectivity index is 1.66. The number of aryl methyl sites for hydroxylation is 1. The van der Waals surface area contributed by atoms with Gasteiger partial charge < -0.3 is 15.2 Å². The molecule has 2 aromatic rings. The van der Waals surface area contributed by atoms with Crippen molar-refractivity contribution in [3.05, 3.63) is 36.0 Å². The van der Waals surface area contributed by atoms with Crippen LogP contribution in [0.25, 0.3) is 10.9 Å². The highest BCUT2D eigenvalue weighted by atomic mass is 16.4. The van der Waals surface area contributed by atoms with Gasteiger partial charge in [-0.1, -0.05) is 18.2 Å². The summed E-state index contributed by atoms with van der Waals surface area (Å²) >= 11 is 0. The zero-order chi connectivity index (χ0) is 17.1. The number of aliphatic carboxylic acids is 2. The molecular weight excluding hydrogens is 310 g/mol. The van der Waals surface area contributed by atoms with E-state index in [1.54, 1.807) is 5.01 Å². The van der Waals surface area contributed by atoms with Gasteiger partial charge in [0.1, 0.15) is 12.1 Å². The van der Waals surface area contributed by atoms with E-state index in [2.05, 4.69) is 10.4 Å². The summed E-state index contributed by atoms with van der Waals surface area (Å²) in [5.74, 6) is -1.88. The molecule has 0 radical (unpaired) electrons. The number of rotatable bonds is 7. The predicted molar refractivity (Wildman–Crippen MR) is 88.5 cm³/mol. The molecule has 1 aromatic heterocycles. The minimum absolute atomic E-state index is 0.389. The van der Waals surface area contributed by atoms with Gasteiger partial charge in [0.15, 0.2) is 0 Å². The zero-order valence-corrected chi connectivity index (χ0v) is 13.2. The van der Waals surface area contributed by atoms with Gasteiger partial charge in [-0.3, -0.25) is 9.59 Å². The van der Waals surface area contributed by atoms with Gasteiger partial charge in [-0.2, -0.15) is 0 Å². The first-order chi connectivity index (χ1) is 11.6. The van der Waals surface area contributed by atoms with Gasteiger partial charge in [0.2, 0.25) is 0 Å². The Labute approximate surface area is 139 Å². The van der Waals surface area contributed by atoms with Crippen molar-refractivity contribution in [2.24, 2.45) is 0 Å². The second kappa shape index (κ2) is 7.02. The lowest BCUT2D eigenvalue weighted by Gasteiger charge is -2.26. The first kappa shape index (κ1) is 16.5. The van der Waals surface area contributed by atoms with Crippen LogP contribution in [0.15, 0.2) is 30.5 Å². The number of aromatic amines is 1. The maximum atomic E-state index is 11.5. The number of fused-ring (bicyclic) bond motifs is 1. The highest BCUT2D eigenvalue weighted by molar-refractivity contribution is 5.83. The molecule has 0 unspecified atom stereocenters. The van der Waals surface area contributed by atoms with Gasteiger partial charge in [0.25, 0.3) is 0 Å². The summed E-state index contributed by atoms with van der Waals surface area (Å²) in [6, 6.07) is 6.43. The van der Waals surface area contributed by atoms with Crippen LogP contribution in [0.5, 0.6) is 0 Å². The molecular formula is C17H21N3O4. The maximum absolute atomic E-state index is 11.5. The number of carboxylic acids is 2. The molecule has 1 aromatic carbocycles. The van der Waals surface area contributed by atoms with E-state index in [0.717, 1.165) is 22.9 Å². The van der Waals surface area contributed by atoms with Crippen molar-refractivity contribution >= 4 is 22.8 Å². The molecule has 1 fully saturated rings. The van der Waals surface area contributed by atoms with Crippen LogP contribution in [-0.2, 0) is 16.0 Å². The molecule has 1 aliphatic rings. The van der Waals surface area contributed by atoms with E-state index < -0.39 is 24.0 Å². The van der Waals surface area contributed by atoms with E-state index in [4.69, 9.17) is 0 Å². The van der Waals surface area contributed by atoms with E-state index in [1.807, 2.05) is 30.5 Å². The summed E-state index contributed by atoms with van der Waals surface area (Å²) in [4.78, 5) is 25.9. The molecule has 1 aliphatic heterocycles. The van der Waals surface area contributed by atoms with Crippen molar-refractivity contribution in [2.45, 2.75) is 37.8 Å². The summed E-state index contributed by atoms with van der Waals surface area (Å²) in [5.41, 5.74) is 4.99. The molecule has 0 amide bonds. The number of carboxylic acid groups (broad SMARTS) is 2. The molecule has 7 heteroatoms. The van der Waals surface area contributed by atoms with E-state index in [1.165, 1.54) is 0 Å². The molecule has 1 saturated heterocycles. The fourth-order valence-electron chi connectivity index (χ4n) is 3.26. The van der Waals surface area contributed by atoms with Crippen LogP contribution in [0, 0.1) is 0 Å². The lowest BCUT2D eigenvalue weighted by molar-refractivity contribution is -0.147. The number of nitrogens with one attached hydrogen (secondary N) is 2. The smallest absolute Gasteiger partial charge is 0.322 e. The third-order valence-electron chi connectivity index (χ3n) is 4.53. The van der Waals surface area contributed by atoms with Gasteiger partial charge in [-0.15, -0.1) is 0 Å². The summed E-state index contributed by atoms with van der Waals surface area (Å²) in [6.45, 7) is 0.549. The predicted octanol–water partition coefficient (Wildman–Crippen LogP) is 1.61. The molecule has 2 atom stereocenters. The number of benzene rings is 1. The summed E-state index contributed by atoms with van der Waals surface area (Å²) in [5, 5.41) is 21.3. The fourth-order valence-corrected chi connectivity index (χ4v) is 3.26. The Kier molecular flexibility index (Phi) is 4.82. The van der Waals surface area contributed by atoms with Crippen molar-refractivity contribution in [1.82, 2.24) is 15.4 Å². The van der Waals surface area contributed by atoms with E-state index in [0.29, 0.717) is 25.8 Å². The normalized spacial score (nSPS) is 19.6. The molecule has 7 nitrogen and oxygen atoms in total. The third-order valence-corrected chi connectivity index (χ3v) is 4.53. The molecule has 3 rings (SSSR count). The van der Waals surface area contributed by atoms with Crippen LogP contribution in [0.3, 0.4) is 0 Å². The zero-order valence-electron chi connectivity index (χ0n) is 13.2. The van der Waals surface area contributed by atoms with Crippen LogP contribution in [-0.4, -0.2) is 50.8 Å². The van der Waals surface area contributed by atoms with Crippen molar-refractivity contribution in [1.29, 1.82) is 0 Å². The number of H-pyrrole nitrogens is 1. The Bertz CT molecular complexity index is 742. The van der Waals surface area contributed by atoms with Crippen molar-refractivity contribution in [3.8, 4) is 0 Å². The van der Waals surface area contributed by atoms with Gasteiger partial charge in [0.05, 0.1) is 0 Å². The largest absolute Gasteiger partial charge is 0.480 e. The number of hydrazine groups is 1. The molecule has 4 N–H and O–H groups in total. The number of para-hydroxylation sites is 1. The molecule has 2 heterocycles. The molecule has 128 valence electrons. The van der Waals surface area contributed by atoms with Crippen LogP contribution in [0.1, 0.15) is 24.8 Å². The van der Waals surface area contributed by atoms with Crippen LogP contribution in [0.2, 0.25) is 0 Å². The van der Waals surface area contributed by atoms with E-state index in [-0.39, 0.29) is 0 Å². The molecule has 0 saturated carbocycles. The third kappa shape index (κ3) is 3.42. The summed E-state index contributed by atoms with van der Waals surface area (Å²) < 4.78 is 0. The minimum Gasteiger partial charge on any atom is -0.480 e. The number of carbonyl (C=O) groups is 2. The molecule has 0 aliphatic carbocycles. The lowest BCUT2D eigenvalue weighted by atomic mass is 10.0. The highest BCUT2D eigenvalue weighted by Gasteiger charge is 2.33. The highest BCUT2D eigenvalue weighted by Crippen LogP contribution is 2.20. The van der Waals surface area contributed by atoms with Gasteiger partial charge >= 0.3 is 11.9 Å². The molecule has 0 bridgehead atoms. The monoisotopic (exact) mass is 331 g/mol. The van der Waals surface area contributed by atoms with E-state index >= 15 is 0 Å². The quantitative estimate of drug-likeness (QED) is 0.614. The van der Waals surface area contributed by atoms with Gasteiger partial charge in [0, 0.05) is 23.6 Å². The molecule has 0 spiro atoms. The number of aromatic nitrogens is 1. The van der Waals surface area contributed by atoms with Gasteiger partial charge in [-0.05, 0) is 37.3 Å². The number of hydrogen-bond acceptors (Lipinski definition) is 4. The SMILES string of the molecule is O=C(O)[C@H](CCc1c[nH]c2ccccc12)NN1CCC[C@H]1C(=O)O. The maximum Gasteiger partial charge on any atom is 0.322 e.